The van der Waals surface area contributed by atoms with Gasteiger partial charge in [0, 0.05) is 62.8 Å². The number of fused-ring (bicyclic) bond motifs is 3. The van der Waals surface area contributed by atoms with Crippen LogP contribution < -0.4 is 10.6 Å². The molecule has 7 rings (SSSR count). The van der Waals surface area contributed by atoms with Crippen LogP contribution >= 0.6 is 0 Å². The molecule has 2 aliphatic heterocycles. The fraction of sp³-hybridized carbons (Fsp3) is 0.600. The van der Waals surface area contributed by atoms with Crippen LogP contribution in [0, 0.1) is 25.6 Å². The van der Waals surface area contributed by atoms with E-state index in [-0.39, 0.29) is 42.2 Å². The Labute approximate surface area is 239 Å². The average Bonchev–Trinajstić information content (AvgIpc) is 3.83. The van der Waals surface area contributed by atoms with Gasteiger partial charge in [0.1, 0.15) is 12.4 Å². The van der Waals surface area contributed by atoms with Gasteiger partial charge in [0.15, 0.2) is 5.69 Å². The molecule has 2 saturated carbocycles. The van der Waals surface area contributed by atoms with E-state index >= 15 is 0 Å². The molecule has 2 aromatic rings. The SMILES string of the molecule is Cc1c(F)ccc(N2CCN(C(=O)Cn3nc(C(=O)N4CCN(CC(N)=O)CC4)c4c3C[C@H]3C[C@@H]43)C3(CC3)C2)c1C. The summed E-state index contributed by atoms with van der Waals surface area (Å²) in [5.41, 5.74) is 10.4. The largest absolute Gasteiger partial charge is 0.369 e. The predicted molar refractivity (Wildman–Crippen MR) is 150 cm³/mol. The molecule has 2 atom stereocenters. The van der Waals surface area contributed by atoms with Gasteiger partial charge in [-0.2, -0.15) is 5.10 Å². The minimum Gasteiger partial charge on any atom is -0.369 e. The molecule has 0 radical (unpaired) electrons. The van der Waals surface area contributed by atoms with E-state index in [9.17, 15) is 18.8 Å². The van der Waals surface area contributed by atoms with E-state index in [1.807, 2.05) is 39.3 Å². The molecule has 218 valence electrons. The van der Waals surface area contributed by atoms with Crippen LogP contribution in [0.5, 0.6) is 0 Å². The molecule has 11 heteroatoms. The van der Waals surface area contributed by atoms with Crippen LogP contribution in [0.3, 0.4) is 0 Å². The summed E-state index contributed by atoms with van der Waals surface area (Å²) in [7, 11) is 0. The maximum atomic E-state index is 14.1. The lowest BCUT2D eigenvalue weighted by atomic mass is 10.0. The smallest absolute Gasteiger partial charge is 0.274 e. The van der Waals surface area contributed by atoms with E-state index < -0.39 is 0 Å². The van der Waals surface area contributed by atoms with Gasteiger partial charge in [0.2, 0.25) is 11.8 Å². The zero-order chi connectivity index (χ0) is 28.6. The van der Waals surface area contributed by atoms with Crippen LogP contribution in [0.25, 0.3) is 0 Å². The molecule has 3 amide bonds. The minimum absolute atomic E-state index is 0.0547. The summed E-state index contributed by atoms with van der Waals surface area (Å²) < 4.78 is 15.9. The van der Waals surface area contributed by atoms with Gasteiger partial charge < -0.3 is 20.4 Å². The van der Waals surface area contributed by atoms with Gasteiger partial charge in [-0.1, -0.05) is 0 Å². The van der Waals surface area contributed by atoms with Gasteiger partial charge >= 0.3 is 0 Å². The van der Waals surface area contributed by atoms with Crippen molar-refractivity contribution < 1.29 is 18.8 Å². The zero-order valence-corrected chi connectivity index (χ0v) is 23.9. The molecule has 4 fully saturated rings. The first-order chi connectivity index (χ1) is 19.6. The first kappa shape index (κ1) is 26.4. The van der Waals surface area contributed by atoms with Crippen molar-refractivity contribution in [2.75, 3.05) is 57.3 Å². The Morgan fingerprint density at radius 1 is 1.02 bits per heavy atom. The summed E-state index contributed by atoms with van der Waals surface area (Å²) >= 11 is 0. The van der Waals surface area contributed by atoms with Crippen molar-refractivity contribution in [1.29, 1.82) is 0 Å². The number of nitrogens with zero attached hydrogens (tertiary/aromatic N) is 6. The summed E-state index contributed by atoms with van der Waals surface area (Å²) in [6.07, 6.45) is 3.89. The minimum atomic E-state index is -0.360. The van der Waals surface area contributed by atoms with Crippen LogP contribution in [-0.4, -0.2) is 100 Å². The number of hydrogen-bond acceptors (Lipinski definition) is 6. The third kappa shape index (κ3) is 4.49. The molecular formula is C30H38FN7O3. The average molecular weight is 564 g/mol. The number of benzene rings is 1. The molecule has 10 nitrogen and oxygen atoms in total. The molecule has 0 unspecified atom stereocenters. The molecular weight excluding hydrogens is 525 g/mol. The number of primary amides is 1. The van der Waals surface area contributed by atoms with Crippen molar-refractivity contribution in [1.82, 2.24) is 24.5 Å². The highest BCUT2D eigenvalue weighted by Crippen LogP contribution is 2.57. The molecule has 1 aromatic heterocycles. The van der Waals surface area contributed by atoms with E-state index in [0.717, 1.165) is 54.7 Å². The van der Waals surface area contributed by atoms with Crippen molar-refractivity contribution in [3.63, 3.8) is 0 Å². The van der Waals surface area contributed by atoms with Crippen molar-refractivity contribution in [2.45, 2.75) is 57.5 Å². The highest BCUT2D eigenvalue weighted by Gasteiger charge is 2.54. The second-order valence-corrected chi connectivity index (χ2v) is 12.7. The number of carbonyl (C=O) groups is 3. The summed E-state index contributed by atoms with van der Waals surface area (Å²) in [4.78, 5) is 46.8. The number of nitrogens with two attached hydrogens (primary N) is 1. The zero-order valence-electron chi connectivity index (χ0n) is 23.9. The number of amides is 3. The second-order valence-electron chi connectivity index (χ2n) is 12.7. The van der Waals surface area contributed by atoms with E-state index in [4.69, 9.17) is 10.8 Å². The Morgan fingerprint density at radius 2 is 1.78 bits per heavy atom. The Morgan fingerprint density at radius 3 is 2.49 bits per heavy atom. The quantitative estimate of drug-likeness (QED) is 0.570. The fourth-order valence-electron chi connectivity index (χ4n) is 7.43. The number of carbonyl (C=O) groups excluding carboxylic acids is 3. The molecule has 1 spiro atoms. The maximum Gasteiger partial charge on any atom is 0.274 e. The van der Waals surface area contributed by atoms with Crippen molar-refractivity contribution >= 4 is 23.4 Å². The number of aromatic nitrogens is 2. The first-order valence-corrected chi connectivity index (χ1v) is 14.9. The maximum absolute atomic E-state index is 14.1. The van der Waals surface area contributed by atoms with Crippen LogP contribution in [-0.2, 0) is 22.6 Å². The van der Waals surface area contributed by atoms with E-state index in [2.05, 4.69) is 4.90 Å². The molecule has 3 aliphatic carbocycles. The third-order valence-corrected chi connectivity index (χ3v) is 10.2. The lowest BCUT2D eigenvalue weighted by Gasteiger charge is -2.44. The summed E-state index contributed by atoms with van der Waals surface area (Å²) in [5, 5.41) is 4.79. The number of piperazine rings is 2. The summed E-state index contributed by atoms with van der Waals surface area (Å²) in [5.74, 6) is 0.374. The second kappa shape index (κ2) is 9.54. The first-order valence-electron chi connectivity index (χ1n) is 14.9. The number of anilines is 1. The van der Waals surface area contributed by atoms with E-state index in [1.165, 1.54) is 6.07 Å². The van der Waals surface area contributed by atoms with E-state index in [1.54, 1.807) is 0 Å². The molecule has 3 heterocycles. The number of hydrogen-bond donors (Lipinski definition) is 1. The Bertz CT molecular complexity index is 1440. The highest BCUT2D eigenvalue weighted by molar-refractivity contribution is 5.95. The van der Waals surface area contributed by atoms with Gasteiger partial charge in [-0.15, -0.1) is 0 Å². The van der Waals surface area contributed by atoms with Crippen molar-refractivity contribution in [2.24, 2.45) is 11.7 Å². The summed E-state index contributed by atoms with van der Waals surface area (Å²) in [6.45, 7) is 8.47. The molecule has 1 aromatic carbocycles. The van der Waals surface area contributed by atoms with E-state index in [0.29, 0.717) is 62.4 Å². The molecule has 0 bridgehead atoms. The molecule has 5 aliphatic rings. The van der Waals surface area contributed by atoms with Gasteiger partial charge in [-0.05, 0) is 74.6 Å². The highest BCUT2D eigenvalue weighted by atomic mass is 19.1. The Kier molecular flexibility index (Phi) is 6.15. The van der Waals surface area contributed by atoms with Crippen LogP contribution in [0.1, 0.15) is 58.1 Å². The topological polar surface area (TPSA) is 108 Å². The predicted octanol–water partition coefficient (Wildman–Crippen LogP) is 1.42. The van der Waals surface area contributed by atoms with Crippen LogP contribution in [0.15, 0.2) is 12.1 Å². The fourth-order valence-corrected chi connectivity index (χ4v) is 7.43. The van der Waals surface area contributed by atoms with Gasteiger partial charge in [-0.3, -0.25) is 24.0 Å². The third-order valence-electron chi connectivity index (χ3n) is 10.2. The van der Waals surface area contributed by atoms with Crippen LogP contribution in [0.2, 0.25) is 0 Å². The molecule has 2 saturated heterocycles. The van der Waals surface area contributed by atoms with Crippen LogP contribution in [0.4, 0.5) is 10.1 Å². The van der Waals surface area contributed by atoms with Gasteiger partial charge in [0.05, 0.1) is 12.1 Å². The van der Waals surface area contributed by atoms with Crippen molar-refractivity contribution in [3.8, 4) is 0 Å². The lowest BCUT2D eigenvalue weighted by molar-refractivity contribution is -0.135. The number of halogens is 1. The lowest BCUT2D eigenvalue weighted by Crippen LogP contribution is -2.58. The monoisotopic (exact) mass is 563 g/mol. The van der Waals surface area contributed by atoms with Gasteiger partial charge in [-0.25, -0.2) is 4.39 Å². The Hall–Kier alpha value is -3.47. The van der Waals surface area contributed by atoms with Gasteiger partial charge in [0.25, 0.3) is 5.91 Å². The summed E-state index contributed by atoms with van der Waals surface area (Å²) in [6, 6.07) is 3.40. The Balaban J connectivity index is 1.06. The standard InChI is InChI=1S/C30H38FN7O3/c1-18-19(2)23(4-3-22(18)31)36-11-12-37(30(17-36)5-6-30)26(40)16-38-24-14-20-13-21(20)27(24)28(33-38)29(41)35-9-7-34(8-10-35)15-25(32)39/h3-4,20-21H,5-17H2,1-2H3,(H2,32,39)/t20-,21-/m1/s1. The normalized spacial score (nSPS) is 24.4. The number of rotatable bonds is 6. The van der Waals surface area contributed by atoms with Crippen molar-refractivity contribution in [3.05, 3.63) is 46.0 Å². The molecule has 2 N–H and O–H groups in total. The molecule has 41 heavy (non-hydrogen) atoms.